The lowest BCUT2D eigenvalue weighted by molar-refractivity contribution is -0.150. The maximum Gasteiger partial charge on any atom is 0.336 e. The third-order valence-electron chi connectivity index (χ3n) is 2.40. The Morgan fingerprint density at radius 3 is 1.17 bits per heavy atom. The Kier molecular flexibility index (Phi) is 3.50. The normalized spacial score (nSPS) is 22.7. The lowest BCUT2D eigenvalue weighted by Crippen LogP contribution is -2.32. The second kappa shape index (κ2) is 4.70. The van der Waals surface area contributed by atoms with Gasteiger partial charge in [-0.1, -0.05) is 12.2 Å². The first-order chi connectivity index (χ1) is 8.25. The highest BCUT2D eigenvalue weighted by Gasteiger charge is 2.38. The van der Waals surface area contributed by atoms with Crippen LogP contribution in [0.3, 0.4) is 0 Å². The second-order valence-corrected chi connectivity index (χ2v) is 3.50. The van der Waals surface area contributed by atoms with Crippen molar-refractivity contribution in [3.63, 3.8) is 0 Å². The van der Waals surface area contributed by atoms with Crippen LogP contribution in [-0.2, 0) is 19.2 Å². The van der Waals surface area contributed by atoms with Gasteiger partial charge in [0.2, 0.25) is 0 Å². The van der Waals surface area contributed by atoms with Gasteiger partial charge in [0.25, 0.3) is 0 Å². The van der Waals surface area contributed by atoms with E-state index in [9.17, 15) is 19.2 Å². The first-order valence-electron chi connectivity index (χ1n) is 4.62. The molecule has 0 aromatic carbocycles. The molecule has 0 bridgehead atoms. The number of carboxylic acids is 4. The van der Waals surface area contributed by atoms with E-state index in [1.54, 1.807) is 0 Å². The lowest BCUT2D eigenvalue weighted by atomic mass is 9.82. The van der Waals surface area contributed by atoms with E-state index in [2.05, 4.69) is 0 Å². The fourth-order valence-electron chi connectivity index (χ4n) is 1.57. The molecule has 1 aliphatic carbocycles. The van der Waals surface area contributed by atoms with Crippen LogP contribution in [0.5, 0.6) is 0 Å². The first-order valence-corrected chi connectivity index (χ1v) is 4.62. The van der Waals surface area contributed by atoms with Crippen LogP contribution in [0.25, 0.3) is 0 Å². The maximum absolute atomic E-state index is 10.8. The van der Waals surface area contributed by atoms with Gasteiger partial charge in [0.15, 0.2) is 0 Å². The molecule has 18 heavy (non-hydrogen) atoms. The highest BCUT2D eigenvalue weighted by atomic mass is 16.4. The summed E-state index contributed by atoms with van der Waals surface area (Å²) in [4.78, 5) is 43.3. The molecule has 2 atom stereocenters. The van der Waals surface area contributed by atoms with Gasteiger partial charge in [0, 0.05) is 0 Å². The minimum absolute atomic E-state index is 0.632. The Hall–Kier alpha value is -2.64. The molecular weight excluding hydrogens is 248 g/mol. The second-order valence-electron chi connectivity index (χ2n) is 3.50. The zero-order chi connectivity index (χ0) is 14.0. The molecule has 0 radical (unpaired) electrons. The van der Waals surface area contributed by atoms with E-state index in [1.165, 1.54) is 0 Å². The fraction of sp³-hybridized carbons (Fsp3) is 0.200. The van der Waals surface area contributed by atoms with Gasteiger partial charge in [-0.25, -0.2) is 9.59 Å². The molecule has 0 fully saturated rings. The van der Waals surface area contributed by atoms with Crippen LogP contribution in [0, 0.1) is 11.8 Å². The smallest absolute Gasteiger partial charge is 0.336 e. The molecule has 96 valence electrons. The van der Waals surface area contributed by atoms with E-state index >= 15 is 0 Å². The summed E-state index contributed by atoms with van der Waals surface area (Å²) in [6, 6.07) is 0. The molecule has 1 aliphatic rings. The lowest BCUT2D eigenvalue weighted by Gasteiger charge is -2.20. The molecule has 8 heteroatoms. The number of rotatable bonds is 4. The molecule has 0 saturated heterocycles. The van der Waals surface area contributed by atoms with Gasteiger partial charge in [-0.3, -0.25) is 9.59 Å². The van der Waals surface area contributed by atoms with Gasteiger partial charge in [-0.2, -0.15) is 0 Å². The van der Waals surface area contributed by atoms with Crippen molar-refractivity contribution in [2.24, 2.45) is 11.8 Å². The van der Waals surface area contributed by atoms with Crippen molar-refractivity contribution in [2.75, 3.05) is 0 Å². The molecule has 0 heterocycles. The summed E-state index contributed by atoms with van der Waals surface area (Å²) >= 11 is 0. The number of aliphatic carboxylic acids is 4. The Bertz CT molecular complexity index is 452. The maximum atomic E-state index is 10.8. The predicted molar refractivity (Wildman–Crippen MR) is 53.7 cm³/mol. The van der Waals surface area contributed by atoms with E-state index in [4.69, 9.17) is 20.4 Å². The molecule has 1 rings (SSSR count). The Morgan fingerprint density at radius 1 is 0.722 bits per heavy atom. The molecule has 0 spiro atoms. The minimum Gasteiger partial charge on any atom is -0.481 e. The van der Waals surface area contributed by atoms with Crippen LogP contribution < -0.4 is 0 Å². The highest BCUT2D eigenvalue weighted by Crippen LogP contribution is 2.29. The third kappa shape index (κ3) is 2.37. The van der Waals surface area contributed by atoms with Crippen LogP contribution in [0.15, 0.2) is 23.3 Å². The zero-order valence-electron chi connectivity index (χ0n) is 8.73. The predicted octanol–water partition coefficient (Wildman–Crippen LogP) is -0.576. The van der Waals surface area contributed by atoms with Crippen molar-refractivity contribution in [1.29, 1.82) is 0 Å². The number of hydrogen-bond donors (Lipinski definition) is 4. The summed E-state index contributed by atoms with van der Waals surface area (Å²) < 4.78 is 0. The topological polar surface area (TPSA) is 149 Å². The van der Waals surface area contributed by atoms with Crippen molar-refractivity contribution < 1.29 is 39.6 Å². The summed E-state index contributed by atoms with van der Waals surface area (Å²) in [7, 11) is 0. The van der Waals surface area contributed by atoms with Crippen molar-refractivity contribution in [3.05, 3.63) is 23.3 Å². The third-order valence-corrected chi connectivity index (χ3v) is 2.40. The van der Waals surface area contributed by atoms with Crippen LogP contribution in [0.1, 0.15) is 0 Å². The Morgan fingerprint density at radius 2 is 1.00 bits per heavy atom. The standard InChI is InChI=1S/C10H8O8/c11-7(12)3-1-4(8(13)14)6(10(17)18)2-5(3)9(15)16/h1-3,5H,(H,11,12)(H,13,14)(H,15,16)(H,17,18). The minimum atomic E-state index is -1.63. The van der Waals surface area contributed by atoms with Crippen LogP contribution in [-0.4, -0.2) is 44.3 Å². The molecule has 4 N–H and O–H groups in total. The molecular formula is C10H8O8. The summed E-state index contributed by atoms with van der Waals surface area (Å²) in [5.74, 6) is -9.56. The van der Waals surface area contributed by atoms with Gasteiger partial charge in [-0.15, -0.1) is 0 Å². The van der Waals surface area contributed by atoms with Crippen LogP contribution in [0.4, 0.5) is 0 Å². The molecule has 0 saturated carbocycles. The summed E-state index contributed by atoms with van der Waals surface area (Å²) in [5.41, 5.74) is -1.46. The quantitative estimate of drug-likeness (QED) is 0.522. The van der Waals surface area contributed by atoms with Crippen LogP contribution in [0.2, 0.25) is 0 Å². The molecule has 2 unspecified atom stereocenters. The summed E-state index contributed by atoms with van der Waals surface area (Å²) in [6.07, 6.45) is 1.26. The molecule has 0 aromatic heterocycles. The van der Waals surface area contributed by atoms with Gasteiger partial charge in [0.1, 0.15) is 0 Å². The number of carboxylic acid groups (broad SMARTS) is 4. The Balaban J connectivity index is 3.36. The van der Waals surface area contributed by atoms with Crippen molar-refractivity contribution in [3.8, 4) is 0 Å². The van der Waals surface area contributed by atoms with E-state index < -0.39 is 46.9 Å². The van der Waals surface area contributed by atoms with Crippen LogP contribution >= 0.6 is 0 Å². The first kappa shape index (κ1) is 13.4. The number of carbonyl (C=O) groups is 4. The molecule has 0 aromatic rings. The van der Waals surface area contributed by atoms with Crippen molar-refractivity contribution in [2.45, 2.75) is 0 Å². The van der Waals surface area contributed by atoms with Gasteiger partial charge < -0.3 is 20.4 Å². The number of hydrogen-bond acceptors (Lipinski definition) is 4. The largest absolute Gasteiger partial charge is 0.481 e. The van der Waals surface area contributed by atoms with Gasteiger partial charge in [-0.05, 0) is 0 Å². The average molecular weight is 256 g/mol. The molecule has 0 aliphatic heterocycles. The Labute approximate surface area is 99.5 Å². The highest BCUT2D eigenvalue weighted by molar-refractivity contribution is 6.07. The average Bonchev–Trinajstić information content (AvgIpc) is 2.26. The van der Waals surface area contributed by atoms with E-state index in [0.717, 1.165) is 0 Å². The van der Waals surface area contributed by atoms with Crippen molar-refractivity contribution >= 4 is 23.9 Å². The van der Waals surface area contributed by atoms with E-state index in [0.29, 0.717) is 12.2 Å². The monoisotopic (exact) mass is 256 g/mol. The zero-order valence-corrected chi connectivity index (χ0v) is 8.73. The van der Waals surface area contributed by atoms with E-state index in [1.807, 2.05) is 0 Å². The summed E-state index contributed by atoms with van der Waals surface area (Å²) in [5, 5.41) is 35.1. The summed E-state index contributed by atoms with van der Waals surface area (Å²) in [6.45, 7) is 0. The van der Waals surface area contributed by atoms with E-state index in [-0.39, 0.29) is 0 Å². The van der Waals surface area contributed by atoms with Crippen molar-refractivity contribution in [1.82, 2.24) is 0 Å². The molecule has 0 amide bonds. The van der Waals surface area contributed by atoms with Gasteiger partial charge in [0.05, 0.1) is 23.0 Å². The SMILES string of the molecule is O=C(O)C1=CC(C(=O)O)C(C(=O)O)C=C1C(=O)O. The van der Waals surface area contributed by atoms with Gasteiger partial charge >= 0.3 is 23.9 Å². The fourth-order valence-corrected chi connectivity index (χ4v) is 1.57. The molecule has 8 nitrogen and oxygen atoms in total.